The second kappa shape index (κ2) is 7.66. The van der Waals surface area contributed by atoms with Crippen LogP contribution < -0.4 is 10.1 Å². The fraction of sp³-hybridized carbons (Fsp3) is 0.417. The van der Waals surface area contributed by atoms with E-state index in [1.165, 1.54) is 32.2 Å². The molecular weight excluding hydrogens is 288 g/mol. The molecule has 0 aliphatic carbocycles. The SMILES string of the molecule is COCCNC(=O)C(C)Oc1cc(Cl)ccc1[N+](=O)[O-]. The fourth-order valence-electron chi connectivity index (χ4n) is 1.40. The van der Waals surface area contributed by atoms with E-state index in [-0.39, 0.29) is 16.5 Å². The van der Waals surface area contributed by atoms with Crippen molar-refractivity contribution < 1.29 is 19.2 Å². The van der Waals surface area contributed by atoms with Crippen molar-refractivity contribution in [2.75, 3.05) is 20.3 Å². The zero-order valence-electron chi connectivity index (χ0n) is 11.1. The third-order valence-electron chi connectivity index (χ3n) is 2.40. The van der Waals surface area contributed by atoms with Crippen molar-refractivity contribution in [2.24, 2.45) is 0 Å². The van der Waals surface area contributed by atoms with E-state index in [0.29, 0.717) is 13.2 Å². The van der Waals surface area contributed by atoms with Crippen LogP contribution in [0.1, 0.15) is 6.92 Å². The number of methoxy groups -OCH3 is 1. The molecule has 8 heteroatoms. The van der Waals surface area contributed by atoms with Crippen molar-refractivity contribution in [3.05, 3.63) is 33.3 Å². The molecule has 0 aliphatic rings. The van der Waals surface area contributed by atoms with Crippen LogP contribution in [-0.2, 0) is 9.53 Å². The highest BCUT2D eigenvalue weighted by atomic mass is 35.5. The molecule has 1 unspecified atom stereocenters. The highest BCUT2D eigenvalue weighted by Crippen LogP contribution is 2.30. The summed E-state index contributed by atoms with van der Waals surface area (Å²) in [6.45, 7) is 2.20. The Morgan fingerprint density at radius 3 is 2.85 bits per heavy atom. The van der Waals surface area contributed by atoms with Gasteiger partial charge in [0.1, 0.15) is 0 Å². The molecule has 1 N–H and O–H groups in total. The maximum atomic E-state index is 11.7. The maximum absolute atomic E-state index is 11.7. The first kappa shape index (κ1) is 16.2. The zero-order valence-corrected chi connectivity index (χ0v) is 11.8. The molecule has 1 aromatic carbocycles. The Hall–Kier alpha value is -1.86. The van der Waals surface area contributed by atoms with Crippen molar-refractivity contribution in [1.82, 2.24) is 5.32 Å². The number of carbonyl (C=O) groups excluding carboxylic acids is 1. The number of ether oxygens (including phenoxy) is 2. The lowest BCUT2D eigenvalue weighted by atomic mass is 10.3. The van der Waals surface area contributed by atoms with E-state index in [4.69, 9.17) is 21.1 Å². The molecule has 0 heterocycles. The minimum atomic E-state index is -0.885. The Morgan fingerprint density at radius 1 is 1.55 bits per heavy atom. The second-order valence-corrected chi connectivity index (χ2v) is 4.35. The van der Waals surface area contributed by atoms with Crippen molar-refractivity contribution in [3.63, 3.8) is 0 Å². The lowest BCUT2D eigenvalue weighted by Crippen LogP contribution is -2.38. The summed E-state index contributed by atoms with van der Waals surface area (Å²) in [4.78, 5) is 22.0. The molecule has 110 valence electrons. The van der Waals surface area contributed by atoms with Gasteiger partial charge in [0.25, 0.3) is 5.91 Å². The summed E-state index contributed by atoms with van der Waals surface area (Å²) >= 11 is 5.77. The van der Waals surface area contributed by atoms with Gasteiger partial charge in [0.15, 0.2) is 11.9 Å². The highest BCUT2D eigenvalue weighted by molar-refractivity contribution is 6.30. The monoisotopic (exact) mass is 302 g/mol. The van der Waals surface area contributed by atoms with E-state index < -0.39 is 16.9 Å². The number of hydrogen-bond donors (Lipinski definition) is 1. The number of amides is 1. The average molecular weight is 303 g/mol. The summed E-state index contributed by atoms with van der Waals surface area (Å²) in [5.74, 6) is -0.437. The van der Waals surface area contributed by atoms with Crippen LogP contribution in [0.5, 0.6) is 5.75 Å². The summed E-state index contributed by atoms with van der Waals surface area (Å²) in [6, 6.07) is 3.92. The van der Waals surface area contributed by atoms with E-state index in [9.17, 15) is 14.9 Å². The summed E-state index contributed by atoms with van der Waals surface area (Å²) < 4.78 is 10.1. The standard InChI is InChI=1S/C12H15ClN2O5/c1-8(12(16)14-5-6-19-2)20-11-7-9(13)3-4-10(11)15(17)18/h3-4,7-8H,5-6H2,1-2H3,(H,14,16). The van der Waals surface area contributed by atoms with E-state index >= 15 is 0 Å². The van der Waals surface area contributed by atoms with Gasteiger partial charge in [-0.25, -0.2) is 0 Å². The van der Waals surface area contributed by atoms with Gasteiger partial charge in [-0.05, 0) is 13.0 Å². The molecule has 1 rings (SSSR count). The Kier molecular flexibility index (Phi) is 6.20. The third-order valence-corrected chi connectivity index (χ3v) is 2.63. The van der Waals surface area contributed by atoms with Crippen molar-refractivity contribution in [3.8, 4) is 5.75 Å². The molecule has 0 bridgehead atoms. The third kappa shape index (κ3) is 4.67. The number of nitro groups is 1. The first-order valence-corrected chi connectivity index (χ1v) is 6.20. The van der Waals surface area contributed by atoms with Crippen LogP contribution in [0, 0.1) is 10.1 Å². The van der Waals surface area contributed by atoms with Gasteiger partial charge in [0.2, 0.25) is 0 Å². The van der Waals surface area contributed by atoms with Gasteiger partial charge in [0.05, 0.1) is 11.5 Å². The molecule has 0 saturated carbocycles. The van der Waals surface area contributed by atoms with Crippen molar-refractivity contribution >= 4 is 23.2 Å². The maximum Gasteiger partial charge on any atom is 0.311 e. The molecule has 0 aliphatic heterocycles. The molecule has 20 heavy (non-hydrogen) atoms. The van der Waals surface area contributed by atoms with Crippen LogP contribution >= 0.6 is 11.6 Å². The Balaban J connectivity index is 2.74. The van der Waals surface area contributed by atoms with Crippen LogP contribution in [0.25, 0.3) is 0 Å². The number of nitrogens with zero attached hydrogens (tertiary/aromatic N) is 1. The number of rotatable bonds is 7. The summed E-state index contributed by atoms with van der Waals surface area (Å²) in [6.07, 6.45) is -0.885. The molecular formula is C12H15ClN2O5. The number of hydrogen-bond acceptors (Lipinski definition) is 5. The summed E-state index contributed by atoms with van der Waals surface area (Å²) in [7, 11) is 1.52. The van der Waals surface area contributed by atoms with Crippen LogP contribution in [0.2, 0.25) is 5.02 Å². The Labute approximate surface area is 121 Å². The molecule has 0 aromatic heterocycles. The lowest BCUT2D eigenvalue weighted by molar-refractivity contribution is -0.386. The number of carbonyl (C=O) groups is 1. The lowest BCUT2D eigenvalue weighted by Gasteiger charge is -2.14. The van der Waals surface area contributed by atoms with Gasteiger partial charge in [-0.2, -0.15) is 0 Å². The van der Waals surface area contributed by atoms with Gasteiger partial charge in [-0.15, -0.1) is 0 Å². The molecule has 0 radical (unpaired) electrons. The molecule has 7 nitrogen and oxygen atoms in total. The van der Waals surface area contributed by atoms with Crippen LogP contribution in [0.3, 0.4) is 0 Å². The number of nitrogens with one attached hydrogen (secondary N) is 1. The first-order chi connectivity index (χ1) is 9.45. The predicted molar refractivity (Wildman–Crippen MR) is 73.1 cm³/mol. The van der Waals surface area contributed by atoms with E-state index in [1.807, 2.05) is 0 Å². The normalized spacial score (nSPS) is 11.8. The molecule has 0 spiro atoms. The van der Waals surface area contributed by atoms with Gasteiger partial charge in [0, 0.05) is 30.8 Å². The van der Waals surface area contributed by atoms with Crippen molar-refractivity contribution in [2.45, 2.75) is 13.0 Å². The number of nitro benzene ring substituents is 1. The van der Waals surface area contributed by atoms with Gasteiger partial charge < -0.3 is 14.8 Å². The summed E-state index contributed by atoms with van der Waals surface area (Å²) in [5, 5.41) is 13.7. The van der Waals surface area contributed by atoms with Crippen LogP contribution in [-0.4, -0.2) is 37.2 Å². The van der Waals surface area contributed by atoms with Gasteiger partial charge >= 0.3 is 5.69 Å². The smallest absolute Gasteiger partial charge is 0.311 e. The largest absolute Gasteiger partial charge is 0.474 e. The van der Waals surface area contributed by atoms with Crippen LogP contribution in [0.15, 0.2) is 18.2 Å². The molecule has 0 saturated heterocycles. The zero-order chi connectivity index (χ0) is 15.1. The minimum absolute atomic E-state index is 0.0445. The number of benzene rings is 1. The fourth-order valence-corrected chi connectivity index (χ4v) is 1.56. The Bertz CT molecular complexity index is 495. The Morgan fingerprint density at radius 2 is 2.25 bits per heavy atom. The predicted octanol–water partition coefficient (Wildman–Crippen LogP) is 1.78. The van der Waals surface area contributed by atoms with Crippen LogP contribution in [0.4, 0.5) is 5.69 Å². The average Bonchev–Trinajstić information content (AvgIpc) is 2.38. The molecule has 1 atom stereocenters. The minimum Gasteiger partial charge on any atom is -0.474 e. The molecule has 1 aromatic rings. The summed E-state index contributed by atoms with van der Waals surface area (Å²) in [5.41, 5.74) is -0.244. The van der Waals surface area contributed by atoms with E-state index in [2.05, 4.69) is 5.32 Å². The number of halogens is 1. The first-order valence-electron chi connectivity index (χ1n) is 5.83. The van der Waals surface area contributed by atoms with E-state index in [1.54, 1.807) is 0 Å². The highest BCUT2D eigenvalue weighted by Gasteiger charge is 2.21. The quantitative estimate of drug-likeness (QED) is 0.471. The van der Waals surface area contributed by atoms with Gasteiger partial charge in [-0.3, -0.25) is 14.9 Å². The van der Waals surface area contributed by atoms with E-state index in [0.717, 1.165) is 0 Å². The second-order valence-electron chi connectivity index (χ2n) is 3.91. The molecule has 0 fully saturated rings. The van der Waals surface area contributed by atoms with Gasteiger partial charge in [-0.1, -0.05) is 11.6 Å². The van der Waals surface area contributed by atoms with Crippen molar-refractivity contribution in [1.29, 1.82) is 0 Å². The topological polar surface area (TPSA) is 90.7 Å². The molecule has 1 amide bonds.